The quantitative estimate of drug-likeness (QED) is 0.163. The summed E-state index contributed by atoms with van der Waals surface area (Å²) in [7, 11) is 0. The van der Waals surface area contributed by atoms with Crippen molar-refractivity contribution in [1.82, 2.24) is 0 Å². The number of aryl methyl sites for hydroxylation is 2. The minimum Gasteiger partial charge on any atom is -0.435 e. The van der Waals surface area contributed by atoms with Gasteiger partial charge in [-0.15, -0.1) is 0 Å². The Kier molecular flexibility index (Phi) is 9.66. The zero-order valence-electron chi connectivity index (χ0n) is 31.1. The number of hydrogen-bond donors (Lipinski definition) is 0. The lowest BCUT2D eigenvalue weighted by Gasteiger charge is -2.33. The van der Waals surface area contributed by atoms with Crippen LogP contribution in [0.2, 0.25) is 0 Å². The summed E-state index contributed by atoms with van der Waals surface area (Å²) in [5.74, 6) is 1.99. The normalized spacial score (nSPS) is 13.6. The maximum Gasteiger partial charge on any atom is 0.292 e. The van der Waals surface area contributed by atoms with E-state index in [0.29, 0.717) is 13.5 Å². The molecule has 0 atom stereocenters. The van der Waals surface area contributed by atoms with Gasteiger partial charge < -0.3 is 9.47 Å². The van der Waals surface area contributed by atoms with Crippen LogP contribution >= 0.6 is 0 Å². The van der Waals surface area contributed by atoms with Crippen LogP contribution < -0.4 is 9.47 Å². The molecule has 0 N–H and O–H groups in total. The van der Waals surface area contributed by atoms with Gasteiger partial charge in [0, 0.05) is 40.7 Å². The Bertz CT molecular complexity index is 2240. The fourth-order valence-electron chi connectivity index (χ4n) is 7.26. The van der Waals surface area contributed by atoms with Crippen LogP contribution in [0.4, 0.5) is 11.4 Å². The molecule has 0 unspecified atom stereocenters. The number of para-hydroxylation sites is 2. The number of rotatable bonds is 6. The Hall–Kier alpha value is -5.74. The third kappa shape index (κ3) is 7.07. The minimum absolute atomic E-state index is 0.152. The van der Waals surface area contributed by atoms with Crippen LogP contribution in [0.25, 0.3) is 0 Å². The number of benzene rings is 6. The van der Waals surface area contributed by atoms with Crippen molar-refractivity contribution in [1.29, 1.82) is 0 Å². The molecule has 0 saturated carbocycles. The van der Waals surface area contributed by atoms with Crippen LogP contribution in [0.3, 0.4) is 0 Å². The van der Waals surface area contributed by atoms with Gasteiger partial charge in [-0.25, -0.2) is 0 Å². The van der Waals surface area contributed by atoms with Crippen LogP contribution in [-0.4, -0.2) is 35.0 Å². The van der Waals surface area contributed by atoms with E-state index in [9.17, 15) is 0 Å². The second kappa shape index (κ2) is 14.5. The average Bonchev–Trinajstić information content (AvgIpc) is 3.18. The maximum atomic E-state index is 6.50. The summed E-state index contributed by atoms with van der Waals surface area (Å²) >= 11 is 0. The first kappa shape index (κ1) is 34.7. The first-order chi connectivity index (χ1) is 25.1. The topological polar surface area (TPSA) is 24.5 Å². The molecule has 2 aliphatic rings. The number of fused-ring (bicyclic) bond motifs is 2. The molecule has 2 heterocycles. The highest BCUT2D eigenvalue weighted by Gasteiger charge is 2.35. The molecule has 4 nitrogen and oxygen atoms in total. The minimum atomic E-state index is -0.211. The summed E-state index contributed by atoms with van der Waals surface area (Å²) in [6.07, 6.45) is 4.40. The molecule has 0 aromatic heterocycles. The Morgan fingerprint density at radius 1 is 0.462 bits per heavy atom. The van der Waals surface area contributed by atoms with Crippen LogP contribution in [0.5, 0.6) is 11.5 Å². The van der Waals surface area contributed by atoms with Crippen molar-refractivity contribution in [3.8, 4) is 11.5 Å². The van der Waals surface area contributed by atoms with Gasteiger partial charge in [-0.1, -0.05) is 137 Å². The van der Waals surface area contributed by atoms with E-state index in [2.05, 4.69) is 184 Å². The highest BCUT2D eigenvalue weighted by Crippen LogP contribution is 2.44. The van der Waals surface area contributed by atoms with Gasteiger partial charge in [0.05, 0.1) is 11.1 Å². The van der Waals surface area contributed by atoms with Gasteiger partial charge >= 0.3 is 0 Å². The van der Waals surface area contributed by atoms with E-state index in [4.69, 9.17) is 9.47 Å². The molecule has 0 radical (unpaired) electrons. The van der Waals surface area contributed by atoms with E-state index < -0.39 is 0 Å². The SMILES string of the molecule is CC(C)(c1ccccc1)c1cc2c(c(C(C)(C)c3ccccc3)c1)OC[N+](c1ccccc1)=C2.Cc1cc(C)c2c(c1)C=[N+](c1ccccc1)CO2. The molecule has 0 saturated heterocycles. The molecule has 0 fully saturated rings. The molecule has 6 aromatic rings. The summed E-state index contributed by atoms with van der Waals surface area (Å²) in [4.78, 5) is 0. The van der Waals surface area contributed by atoms with Gasteiger partial charge in [0.25, 0.3) is 13.5 Å². The van der Waals surface area contributed by atoms with Crippen molar-refractivity contribution < 1.29 is 18.6 Å². The van der Waals surface area contributed by atoms with Crippen molar-refractivity contribution in [2.45, 2.75) is 52.4 Å². The van der Waals surface area contributed by atoms with Gasteiger partial charge in [-0.3, -0.25) is 0 Å². The molecule has 52 heavy (non-hydrogen) atoms. The first-order valence-corrected chi connectivity index (χ1v) is 18.1. The molecule has 4 heteroatoms. The summed E-state index contributed by atoms with van der Waals surface area (Å²) in [6.45, 7) is 14.5. The lowest BCUT2D eigenvalue weighted by atomic mass is 9.72. The zero-order valence-corrected chi connectivity index (χ0v) is 31.1. The van der Waals surface area contributed by atoms with Crippen molar-refractivity contribution in [3.05, 3.63) is 190 Å². The summed E-state index contributed by atoms with van der Waals surface area (Å²) < 4.78 is 16.7. The van der Waals surface area contributed by atoms with Gasteiger partial charge in [-0.2, -0.15) is 9.15 Å². The Labute approximate surface area is 309 Å². The van der Waals surface area contributed by atoms with Crippen LogP contribution in [0.15, 0.2) is 146 Å². The number of hydrogen-bond acceptors (Lipinski definition) is 2. The molecule has 0 aliphatic carbocycles. The zero-order chi connectivity index (χ0) is 36.3. The van der Waals surface area contributed by atoms with Gasteiger partial charge in [0.1, 0.15) is 11.5 Å². The molecular formula is C48H48N2O2+2. The second-order valence-electron chi connectivity index (χ2n) is 14.8. The fourth-order valence-corrected chi connectivity index (χ4v) is 7.26. The van der Waals surface area contributed by atoms with Gasteiger partial charge in [0.2, 0.25) is 11.4 Å². The van der Waals surface area contributed by atoms with Gasteiger partial charge in [-0.05, 0) is 53.8 Å². The van der Waals surface area contributed by atoms with E-state index >= 15 is 0 Å². The van der Waals surface area contributed by atoms with E-state index in [1.807, 2.05) is 24.3 Å². The van der Waals surface area contributed by atoms with Gasteiger partial charge in [0.15, 0.2) is 12.4 Å². The standard InChI is InChI=1S/C32H32NO.C16H16NO/c1-31(2,25-14-8-5-9-15-25)27-20-24-22-33(28-18-12-7-13-19-28)23-34-30(24)29(21-27)32(3,4)26-16-10-6-11-17-26;1-12-8-13(2)16-14(9-12)10-17(11-18-16)15-6-4-3-5-7-15/h5-22H,23H2,1-4H3;3-10H,11H2,1-2H3/q2*+1. The third-order valence-corrected chi connectivity index (χ3v) is 10.4. The molecule has 2 aliphatic heterocycles. The highest BCUT2D eigenvalue weighted by molar-refractivity contribution is 5.84. The van der Waals surface area contributed by atoms with Crippen LogP contribution in [0.1, 0.15) is 72.2 Å². The number of ether oxygens (including phenoxy) is 2. The van der Waals surface area contributed by atoms with Crippen LogP contribution in [0, 0.1) is 13.8 Å². The molecule has 0 spiro atoms. The number of nitrogens with zero attached hydrogens (tertiary/aromatic N) is 2. The largest absolute Gasteiger partial charge is 0.435 e. The highest BCUT2D eigenvalue weighted by atomic mass is 16.5. The van der Waals surface area contributed by atoms with E-state index in [1.165, 1.54) is 33.4 Å². The lowest BCUT2D eigenvalue weighted by molar-refractivity contribution is -0.476. The predicted molar refractivity (Wildman–Crippen MR) is 214 cm³/mol. The Morgan fingerprint density at radius 3 is 1.42 bits per heavy atom. The monoisotopic (exact) mass is 684 g/mol. The predicted octanol–water partition coefficient (Wildman–Crippen LogP) is 10.9. The molecular weight excluding hydrogens is 637 g/mol. The van der Waals surface area contributed by atoms with E-state index in [0.717, 1.165) is 34.0 Å². The lowest BCUT2D eigenvalue weighted by Crippen LogP contribution is -2.28. The van der Waals surface area contributed by atoms with Crippen LogP contribution in [-0.2, 0) is 10.8 Å². The second-order valence-corrected chi connectivity index (χ2v) is 14.8. The maximum absolute atomic E-state index is 6.50. The molecule has 260 valence electrons. The van der Waals surface area contributed by atoms with Crippen molar-refractivity contribution >= 4 is 23.8 Å². The summed E-state index contributed by atoms with van der Waals surface area (Å²) in [6, 6.07) is 51.2. The Balaban J connectivity index is 0.000000196. The molecule has 0 bridgehead atoms. The summed E-state index contributed by atoms with van der Waals surface area (Å²) in [5.41, 5.74) is 11.7. The van der Waals surface area contributed by atoms with Crippen molar-refractivity contribution in [3.63, 3.8) is 0 Å². The first-order valence-electron chi connectivity index (χ1n) is 18.1. The van der Waals surface area contributed by atoms with E-state index in [1.54, 1.807) is 0 Å². The van der Waals surface area contributed by atoms with Crippen molar-refractivity contribution in [2.75, 3.05) is 13.5 Å². The molecule has 6 aromatic carbocycles. The Morgan fingerprint density at radius 2 is 0.904 bits per heavy atom. The van der Waals surface area contributed by atoms with Crippen molar-refractivity contribution in [2.24, 2.45) is 0 Å². The van der Waals surface area contributed by atoms with E-state index in [-0.39, 0.29) is 10.8 Å². The average molecular weight is 685 g/mol. The smallest absolute Gasteiger partial charge is 0.292 e. The third-order valence-electron chi connectivity index (χ3n) is 10.4. The molecule has 8 rings (SSSR count). The summed E-state index contributed by atoms with van der Waals surface area (Å²) in [5, 5.41) is 0. The molecule has 0 amide bonds. The fraction of sp³-hybridized carbons (Fsp3) is 0.208.